The van der Waals surface area contributed by atoms with Gasteiger partial charge in [0.25, 0.3) is 0 Å². The van der Waals surface area contributed by atoms with Gasteiger partial charge in [-0.15, -0.1) is 11.3 Å². The molecular formula is C16H22N2OS. The van der Waals surface area contributed by atoms with Crippen LogP contribution in [0.15, 0.2) is 24.4 Å². The highest BCUT2D eigenvalue weighted by atomic mass is 32.1. The Morgan fingerprint density at radius 2 is 2.15 bits per heavy atom. The molecule has 3 nitrogen and oxygen atoms in total. The van der Waals surface area contributed by atoms with E-state index in [2.05, 4.69) is 31.0 Å². The summed E-state index contributed by atoms with van der Waals surface area (Å²) in [5.74, 6) is 0.936. The Bertz CT molecular complexity index is 565. The summed E-state index contributed by atoms with van der Waals surface area (Å²) in [7, 11) is 0. The van der Waals surface area contributed by atoms with E-state index >= 15 is 0 Å². The first kappa shape index (κ1) is 15.0. The molecule has 1 atom stereocenters. The lowest BCUT2D eigenvalue weighted by Gasteiger charge is -2.14. The van der Waals surface area contributed by atoms with Crippen molar-refractivity contribution < 1.29 is 4.74 Å². The number of thiazole rings is 1. The Labute approximate surface area is 124 Å². The van der Waals surface area contributed by atoms with Crippen molar-refractivity contribution in [2.24, 2.45) is 5.73 Å². The van der Waals surface area contributed by atoms with Crippen molar-refractivity contribution in [1.82, 2.24) is 4.98 Å². The van der Waals surface area contributed by atoms with Crippen LogP contribution in [0.25, 0.3) is 0 Å². The normalized spacial score (nSPS) is 12.4. The number of nitrogens with two attached hydrogens (primary N) is 1. The maximum absolute atomic E-state index is 6.07. The molecule has 0 spiro atoms. The van der Waals surface area contributed by atoms with Gasteiger partial charge >= 0.3 is 0 Å². The van der Waals surface area contributed by atoms with Crippen molar-refractivity contribution >= 4 is 11.3 Å². The average Bonchev–Trinajstić information content (AvgIpc) is 2.83. The number of aromatic nitrogens is 1. The first-order valence-electron chi connectivity index (χ1n) is 6.97. The lowest BCUT2D eigenvalue weighted by atomic mass is 10.0. The smallest absolute Gasteiger partial charge is 0.124 e. The number of rotatable bonds is 6. The molecule has 20 heavy (non-hydrogen) atoms. The van der Waals surface area contributed by atoms with Gasteiger partial charge in [0.15, 0.2) is 0 Å². The minimum atomic E-state index is 0.185. The zero-order valence-electron chi connectivity index (χ0n) is 12.3. The van der Waals surface area contributed by atoms with E-state index in [0.717, 1.165) is 28.5 Å². The van der Waals surface area contributed by atoms with Crippen molar-refractivity contribution in [3.8, 4) is 5.75 Å². The molecular weight excluding hydrogens is 268 g/mol. The highest BCUT2D eigenvalue weighted by molar-refractivity contribution is 7.11. The van der Waals surface area contributed by atoms with Gasteiger partial charge in [0.2, 0.25) is 0 Å². The second-order valence-electron chi connectivity index (χ2n) is 5.12. The van der Waals surface area contributed by atoms with E-state index in [9.17, 15) is 0 Å². The first-order valence-corrected chi connectivity index (χ1v) is 7.79. The number of nitrogens with zero attached hydrogens (tertiary/aromatic N) is 1. The van der Waals surface area contributed by atoms with Gasteiger partial charge in [-0.1, -0.05) is 24.6 Å². The van der Waals surface area contributed by atoms with Crippen LogP contribution >= 0.6 is 11.3 Å². The van der Waals surface area contributed by atoms with E-state index < -0.39 is 0 Å². The molecule has 1 aromatic carbocycles. The van der Waals surface area contributed by atoms with E-state index in [0.29, 0.717) is 6.61 Å². The second-order valence-corrected chi connectivity index (χ2v) is 6.44. The molecule has 2 aromatic rings. The van der Waals surface area contributed by atoms with E-state index in [4.69, 9.17) is 10.5 Å². The van der Waals surface area contributed by atoms with Gasteiger partial charge in [-0.25, -0.2) is 4.98 Å². The zero-order valence-corrected chi connectivity index (χ0v) is 13.2. The van der Waals surface area contributed by atoms with Crippen molar-refractivity contribution in [2.45, 2.75) is 46.3 Å². The largest absolute Gasteiger partial charge is 0.488 e. The maximum atomic E-state index is 6.07. The summed E-state index contributed by atoms with van der Waals surface area (Å²) < 4.78 is 5.95. The summed E-state index contributed by atoms with van der Waals surface area (Å²) in [5.41, 5.74) is 8.51. The number of ether oxygens (including phenoxy) is 1. The highest BCUT2D eigenvalue weighted by Gasteiger charge is 2.09. The Morgan fingerprint density at radius 3 is 2.80 bits per heavy atom. The van der Waals surface area contributed by atoms with Crippen LogP contribution in [0.4, 0.5) is 0 Å². The van der Waals surface area contributed by atoms with Crippen molar-refractivity contribution in [1.29, 1.82) is 0 Å². The third-order valence-corrected chi connectivity index (χ3v) is 4.15. The van der Waals surface area contributed by atoms with Crippen LogP contribution in [0.5, 0.6) is 5.75 Å². The number of hydrogen-bond acceptors (Lipinski definition) is 4. The summed E-state index contributed by atoms with van der Waals surface area (Å²) in [6.45, 7) is 6.78. The van der Waals surface area contributed by atoms with Crippen LogP contribution in [0.1, 0.15) is 34.4 Å². The fourth-order valence-corrected chi connectivity index (χ4v) is 2.76. The molecule has 1 heterocycles. The molecule has 0 radical (unpaired) electrons. The molecule has 0 amide bonds. The molecule has 2 rings (SSSR count). The topological polar surface area (TPSA) is 48.1 Å². The van der Waals surface area contributed by atoms with Crippen LogP contribution in [-0.4, -0.2) is 11.0 Å². The van der Waals surface area contributed by atoms with Crippen molar-refractivity contribution in [2.75, 3.05) is 0 Å². The molecule has 0 saturated heterocycles. The summed E-state index contributed by atoms with van der Waals surface area (Å²) in [5, 5.41) is 1.07. The molecule has 1 unspecified atom stereocenters. The first-order chi connectivity index (χ1) is 9.58. The zero-order chi connectivity index (χ0) is 14.5. The fraction of sp³-hybridized carbons (Fsp3) is 0.438. The van der Waals surface area contributed by atoms with E-state index in [1.54, 1.807) is 11.3 Å². The van der Waals surface area contributed by atoms with Crippen LogP contribution in [0.3, 0.4) is 0 Å². The van der Waals surface area contributed by atoms with Crippen molar-refractivity contribution in [3.63, 3.8) is 0 Å². The predicted molar refractivity (Wildman–Crippen MR) is 84.3 cm³/mol. The van der Waals surface area contributed by atoms with Gasteiger partial charge in [0.05, 0.1) is 9.88 Å². The Kier molecular flexibility index (Phi) is 5.15. The van der Waals surface area contributed by atoms with Crippen LogP contribution in [0.2, 0.25) is 0 Å². The Hall–Kier alpha value is -1.39. The van der Waals surface area contributed by atoms with Gasteiger partial charge in [0.1, 0.15) is 12.4 Å². The molecule has 0 saturated carbocycles. The van der Waals surface area contributed by atoms with Crippen LogP contribution in [-0.2, 0) is 13.0 Å². The van der Waals surface area contributed by atoms with Crippen LogP contribution in [0, 0.1) is 13.8 Å². The quantitative estimate of drug-likeness (QED) is 0.884. The lowest BCUT2D eigenvalue weighted by molar-refractivity contribution is 0.305. The third kappa shape index (κ3) is 4.05. The van der Waals surface area contributed by atoms with E-state index in [1.165, 1.54) is 11.1 Å². The Balaban J connectivity index is 2.09. The Morgan fingerprint density at radius 1 is 1.35 bits per heavy atom. The lowest BCUT2D eigenvalue weighted by Crippen LogP contribution is -2.21. The van der Waals surface area contributed by atoms with Gasteiger partial charge < -0.3 is 10.5 Å². The average molecular weight is 290 g/mol. The van der Waals surface area contributed by atoms with E-state index in [-0.39, 0.29) is 6.04 Å². The third-order valence-electron chi connectivity index (χ3n) is 3.26. The number of benzene rings is 1. The summed E-state index contributed by atoms with van der Waals surface area (Å²) in [6.07, 6.45) is 3.71. The molecule has 0 bridgehead atoms. The summed E-state index contributed by atoms with van der Waals surface area (Å²) in [4.78, 5) is 5.39. The monoisotopic (exact) mass is 290 g/mol. The molecule has 4 heteroatoms. The molecule has 2 N–H and O–H groups in total. The fourth-order valence-electron chi connectivity index (χ4n) is 2.06. The van der Waals surface area contributed by atoms with Gasteiger partial charge in [-0.05, 0) is 38.3 Å². The predicted octanol–water partition coefficient (Wildman–Crippen LogP) is 3.62. The molecule has 0 fully saturated rings. The molecule has 0 aliphatic carbocycles. The summed E-state index contributed by atoms with van der Waals surface area (Å²) >= 11 is 1.67. The molecule has 1 aromatic heterocycles. The maximum Gasteiger partial charge on any atom is 0.124 e. The minimum absolute atomic E-state index is 0.185. The van der Waals surface area contributed by atoms with Gasteiger partial charge in [0, 0.05) is 12.2 Å². The summed E-state index contributed by atoms with van der Waals surface area (Å²) in [6, 6.07) is 6.47. The molecule has 0 aliphatic heterocycles. The standard InChI is InChI=1S/C16H22N2OS/c1-4-14(17)8-13-7-11(2)5-6-16(13)19-10-15-9-18-12(3)20-15/h5-7,9,14H,4,8,10,17H2,1-3H3. The van der Waals surface area contributed by atoms with Gasteiger partial charge in [-0.2, -0.15) is 0 Å². The SMILES string of the molecule is CCC(N)Cc1cc(C)ccc1OCc1cnc(C)s1. The van der Waals surface area contributed by atoms with E-state index in [1.807, 2.05) is 19.2 Å². The number of hydrogen-bond donors (Lipinski definition) is 1. The van der Waals surface area contributed by atoms with Crippen molar-refractivity contribution in [3.05, 3.63) is 45.4 Å². The number of aryl methyl sites for hydroxylation is 2. The second kappa shape index (κ2) is 6.86. The van der Waals surface area contributed by atoms with Gasteiger partial charge in [-0.3, -0.25) is 0 Å². The minimum Gasteiger partial charge on any atom is -0.488 e. The molecule has 0 aliphatic rings. The molecule has 108 valence electrons. The highest BCUT2D eigenvalue weighted by Crippen LogP contribution is 2.24. The van der Waals surface area contributed by atoms with Crippen LogP contribution < -0.4 is 10.5 Å².